The number of likely N-dealkylation sites (tertiary alicyclic amines) is 1. The molecule has 0 aromatic heterocycles. The number of hydrogen-bond acceptors (Lipinski definition) is 2. The SMILES string of the molecule is CC1CC(N)CN(C(=O)Cc2ccc(F)c(F)c2)C1. The van der Waals surface area contributed by atoms with Gasteiger partial charge in [-0.3, -0.25) is 4.79 Å². The summed E-state index contributed by atoms with van der Waals surface area (Å²) in [7, 11) is 0. The Kier molecular flexibility index (Phi) is 4.14. The lowest BCUT2D eigenvalue weighted by Crippen LogP contribution is -2.49. The van der Waals surface area contributed by atoms with Crippen molar-refractivity contribution in [1.82, 2.24) is 4.90 Å². The topological polar surface area (TPSA) is 46.3 Å². The molecule has 1 saturated heterocycles. The molecule has 2 rings (SSSR count). The Morgan fingerprint density at radius 1 is 1.37 bits per heavy atom. The number of carbonyl (C=O) groups is 1. The monoisotopic (exact) mass is 268 g/mol. The second-order valence-corrected chi connectivity index (χ2v) is 5.32. The van der Waals surface area contributed by atoms with Crippen LogP contribution in [0.4, 0.5) is 8.78 Å². The fourth-order valence-electron chi connectivity index (χ4n) is 2.54. The number of hydrogen-bond donors (Lipinski definition) is 1. The second-order valence-electron chi connectivity index (χ2n) is 5.32. The van der Waals surface area contributed by atoms with Crippen LogP contribution in [-0.2, 0) is 11.2 Å². The molecule has 2 N–H and O–H groups in total. The third kappa shape index (κ3) is 3.50. The third-order valence-electron chi connectivity index (χ3n) is 3.38. The van der Waals surface area contributed by atoms with Gasteiger partial charge in [0.05, 0.1) is 6.42 Å². The van der Waals surface area contributed by atoms with Crippen molar-refractivity contribution in [2.45, 2.75) is 25.8 Å². The van der Waals surface area contributed by atoms with E-state index in [1.165, 1.54) is 6.07 Å². The van der Waals surface area contributed by atoms with Gasteiger partial charge >= 0.3 is 0 Å². The molecule has 1 aromatic rings. The highest BCUT2D eigenvalue weighted by Crippen LogP contribution is 2.17. The highest BCUT2D eigenvalue weighted by atomic mass is 19.2. The van der Waals surface area contributed by atoms with Crippen molar-refractivity contribution in [3.8, 4) is 0 Å². The van der Waals surface area contributed by atoms with E-state index in [1.807, 2.05) is 0 Å². The zero-order valence-corrected chi connectivity index (χ0v) is 10.9. The van der Waals surface area contributed by atoms with Crippen molar-refractivity contribution in [3.05, 3.63) is 35.4 Å². The smallest absolute Gasteiger partial charge is 0.227 e. The van der Waals surface area contributed by atoms with Crippen LogP contribution in [0, 0.1) is 17.6 Å². The summed E-state index contributed by atoms with van der Waals surface area (Å²) in [5, 5.41) is 0. The number of rotatable bonds is 2. The zero-order valence-electron chi connectivity index (χ0n) is 10.9. The van der Waals surface area contributed by atoms with E-state index < -0.39 is 11.6 Å². The lowest BCUT2D eigenvalue weighted by atomic mass is 9.96. The maximum absolute atomic E-state index is 13.1. The number of halogens is 2. The van der Waals surface area contributed by atoms with Crippen LogP contribution in [0.1, 0.15) is 18.9 Å². The molecule has 2 atom stereocenters. The molecule has 0 radical (unpaired) electrons. The Labute approximate surface area is 111 Å². The normalized spacial score (nSPS) is 23.5. The largest absolute Gasteiger partial charge is 0.341 e. The molecule has 0 aliphatic carbocycles. The van der Waals surface area contributed by atoms with E-state index in [-0.39, 0.29) is 18.4 Å². The lowest BCUT2D eigenvalue weighted by Gasteiger charge is -2.34. The molecular formula is C14H18F2N2O. The van der Waals surface area contributed by atoms with Gasteiger partial charge in [-0.15, -0.1) is 0 Å². The molecular weight excluding hydrogens is 250 g/mol. The predicted molar refractivity (Wildman–Crippen MR) is 68.4 cm³/mol. The molecule has 1 fully saturated rings. The van der Waals surface area contributed by atoms with E-state index in [0.717, 1.165) is 18.6 Å². The molecule has 104 valence electrons. The minimum Gasteiger partial charge on any atom is -0.341 e. The predicted octanol–water partition coefficient (Wildman–Crippen LogP) is 1.70. The molecule has 0 bridgehead atoms. The number of carbonyl (C=O) groups excluding carboxylic acids is 1. The zero-order chi connectivity index (χ0) is 14.0. The average molecular weight is 268 g/mol. The fraction of sp³-hybridized carbons (Fsp3) is 0.500. The van der Waals surface area contributed by atoms with E-state index in [2.05, 4.69) is 6.92 Å². The molecule has 3 nitrogen and oxygen atoms in total. The van der Waals surface area contributed by atoms with Crippen LogP contribution in [0.25, 0.3) is 0 Å². The number of piperidine rings is 1. The van der Waals surface area contributed by atoms with Crippen LogP contribution in [-0.4, -0.2) is 29.9 Å². The summed E-state index contributed by atoms with van der Waals surface area (Å²) >= 11 is 0. The van der Waals surface area contributed by atoms with E-state index in [1.54, 1.807) is 4.90 Å². The van der Waals surface area contributed by atoms with E-state index in [0.29, 0.717) is 24.6 Å². The lowest BCUT2D eigenvalue weighted by molar-refractivity contribution is -0.132. The van der Waals surface area contributed by atoms with Crippen LogP contribution in [0.3, 0.4) is 0 Å². The first-order valence-electron chi connectivity index (χ1n) is 6.43. The Morgan fingerprint density at radius 2 is 2.11 bits per heavy atom. The summed E-state index contributed by atoms with van der Waals surface area (Å²) in [5.41, 5.74) is 6.37. The first-order chi connectivity index (χ1) is 8.95. The Morgan fingerprint density at radius 3 is 2.74 bits per heavy atom. The number of amides is 1. The van der Waals surface area contributed by atoms with Crippen molar-refractivity contribution in [3.63, 3.8) is 0 Å². The Balaban J connectivity index is 2.02. The maximum Gasteiger partial charge on any atom is 0.227 e. The molecule has 0 saturated carbocycles. The Bertz CT molecular complexity index is 469. The maximum atomic E-state index is 13.1. The van der Waals surface area contributed by atoms with Gasteiger partial charge in [0.15, 0.2) is 11.6 Å². The third-order valence-corrected chi connectivity index (χ3v) is 3.38. The molecule has 1 aliphatic heterocycles. The van der Waals surface area contributed by atoms with E-state index in [4.69, 9.17) is 5.73 Å². The van der Waals surface area contributed by atoms with Gasteiger partial charge in [-0.2, -0.15) is 0 Å². The van der Waals surface area contributed by atoms with Crippen LogP contribution < -0.4 is 5.73 Å². The number of benzene rings is 1. The molecule has 1 aliphatic rings. The highest BCUT2D eigenvalue weighted by molar-refractivity contribution is 5.79. The summed E-state index contributed by atoms with van der Waals surface area (Å²) in [6, 6.07) is 3.55. The van der Waals surface area contributed by atoms with Crippen molar-refractivity contribution >= 4 is 5.91 Å². The fourth-order valence-corrected chi connectivity index (χ4v) is 2.54. The standard InChI is InChI=1S/C14H18F2N2O/c1-9-4-11(17)8-18(7-9)14(19)6-10-2-3-12(15)13(16)5-10/h2-3,5,9,11H,4,6-8,17H2,1H3. The number of nitrogens with zero attached hydrogens (tertiary/aromatic N) is 1. The molecule has 5 heteroatoms. The first-order valence-corrected chi connectivity index (χ1v) is 6.43. The second kappa shape index (κ2) is 5.65. The van der Waals surface area contributed by atoms with Crippen molar-refractivity contribution in [1.29, 1.82) is 0 Å². The van der Waals surface area contributed by atoms with Crippen LogP contribution in [0.2, 0.25) is 0 Å². The highest BCUT2D eigenvalue weighted by Gasteiger charge is 2.25. The molecule has 19 heavy (non-hydrogen) atoms. The van der Waals surface area contributed by atoms with Crippen molar-refractivity contribution < 1.29 is 13.6 Å². The Hall–Kier alpha value is -1.49. The molecule has 2 unspecified atom stereocenters. The van der Waals surface area contributed by atoms with Gasteiger partial charge in [-0.1, -0.05) is 13.0 Å². The van der Waals surface area contributed by atoms with Gasteiger partial charge in [-0.25, -0.2) is 8.78 Å². The first kappa shape index (κ1) is 13.9. The van der Waals surface area contributed by atoms with Crippen LogP contribution in [0.5, 0.6) is 0 Å². The summed E-state index contributed by atoms with van der Waals surface area (Å²) in [4.78, 5) is 13.8. The van der Waals surface area contributed by atoms with Crippen molar-refractivity contribution in [2.75, 3.05) is 13.1 Å². The summed E-state index contributed by atoms with van der Waals surface area (Å²) in [6.45, 7) is 3.26. The van der Waals surface area contributed by atoms with Gasteiger partial charge in [0, 0.05) is 19.1 Å². The van der Waals surface area contributed by atoms with Gasteiger partial charge in [-0.05, 0) is 30.0 Å². The van der Waals surface area contributed by atoms with E-state index in [9.17, 15) is 13.6 Å². The van der Waals surface area contributed by atoms with Crippen LogP contribution >= 0.6 is 0 Å². The van der Waals surface area contributed by atoms with Gasteiger partial charge < -0.3 is 10.6 Å². The van der Waals surface area contributed by atoms with Gasteiger partial charge in [0.25, 0.3) is 0 Å². The van der Waals surface area contributed by atoms with E-state index >= 15 is 0 Å². The van der Waals surface area contributed by atoms with Crippen LogP contribution in [0.15, 0.2) is 18.2 Å². The average Bonchev–Trinajstić information content (AvgIpc) is 2.32. The summed E-state index contributed by atoms with van der Waals surface area (Å²) in [5.74, 6) is -1.54. The number of nitrogens with two attached hydrogens (primary N) is 1. The molecule has 1 aromatic carbocycles. The quantitative estimate of drug-likeness (QED) is 0.887. The molecule has 0 spiro atoms. The summed E-state index contributed by atoms with van der Waals surface area (Å²) in [6.07, 6.45) is 0.992. The van der Waals surface area contributed by atoms with Crippen molar-refractivity contribution in [2.24, 2.45) is 11.7 Å². The summed E-state index contributed by atoms with van der Waals surface area (Å²) < 4.78 is 25.9. The minimum absolute atomic E-state index is 0.00217. The molecule has 1 amide bonds. The van der Waals surface area contributed by atoms with Gasteiger partial charge in [0.2, 0.25) is 5.91 Å². The van der Waals surface area contributed by atoms with Gasteiger partial charge in [0.1, 0.15) is 0 Å². The minimum atomic E-state index is -0.922. The molecule has 1 heterocycles.